The van der Waals surface area contributed by atoms with E-state index in [1.807, 2.05) is 0 Å². The number of hydrogen-bond donors (Lipinski definition) is 1. The Labute approximate surface area is 317 Å². The van der Waals surface area contributed by atoms with Crippen LogP contribution in [0.5, 0.6) is 0 Å². The molecule has 0 spiro atoms. The second-order valence-corrected chi connectivity index (χ2v) is 15.2. The minimum Gasteiger partial charge on any atom is -0.466 e. The lowest BCUT2D eigenvalue weighted by molar-refractivity contribution is -0.161. The molecular formula is C45H76O7. The third-order valence-corrected chi connectivity index (χ3v) is 10.2. The summed E-state index contributed by atoms with van der Waals surface area (Å²) < 4.78 is 22.8. The van der Waals surface area contributed by atoms with Gasteiger partial charge in [0.15, 0.2) is 6.10 Å². The van der Waals surface area contributed by atoms with E-state index in [0.29, 0.717) is 12.8 Å². The van der Waals surface area contributed by atoms with E-state index in [0.717, 1.165) is 101 Å². The standard InChI is InChI=1S/C45H76O7/c1-5-7-21-27-39-33-37(3)42(50-39)29-23-17-13-11-9-10-12-14-20-26-32-45(48)52-41(35-46)36-49-44(47)31-25-19-16-15-18-24-30-43-38(4)34-40(51-43)28-22-8-6-2/h33-34,41,46H,5-32,35-36H2,1-4H3/t41-/m0/s1. The maximum Gasteiger partial charge on any atom is 0.306 e. The molecule has 0 radical (unpaired) electrons. The number of aryl methyl sites for hydroxylation is 6. The molecular weight excluding hydrogens is 652 g/mol. The van der Waals surface area contributed by atoms with E-state index in [9.17, 15) is 14.7 Å². The molecule has 0 amide bonds. The largest absolute Gasteiger partial charge is 0.466 e. The van der Waals surface area contributed by atoms with Crippen LogP contribution < -0.4 is 0 Å². The number of carbonyl (C=O) groups excluding carboxylic acids is 2. The minimum absolute atomic E-state index is 0.0872. The zero-order chi connectivity index (χ0) is 37.7. The van der Waals surface area contributed by atoms with Gasteiger partial charge in [-0.15, -0.1) is 0 Å². The molecule has 0 unspecified atom stereocenters. The maximum atomic E-state index is 12.3. The fraction of sp³-hybridized carbons (Fsp3) is 0.778. The van der Waals surface area contributed by atoms with E-state index >= 15 is 0 Å². The van der Waals surface area contributed by atoms with Crippen molar-refractivity contribution >= 4 is 11.9 Å². The molecule has 0 aliphatic carbocycles. The van der Waals surface area contributed by atoms with Crippen molar-refractivity contribution in [2.75, 3.05) is 13.2 Å². The number of ether oxygens (including phenoxy) is 2. The highest BCUT2D eigenvalue weighted by molar-refractivity contribution is 5.70. The van der Waals surface area contributed by atoms with Crippen molar-refractivity contribution in [2.24, 2.45) is 0 Å². The summed E-state index contributed by atoms with van der Waals surface area (Å²) in [6, 6.07) is 4.44. The SMILES string of the molecule is CCCCCc1cc(C)c(CCCCCCCCCCCCC(=O)O[C@@H](CO)COC(=O)CCCCCCCCc2oc(CCCCC)cc2C)o1. The van der Waals surface area contributed by atoms with E-state index in [2.05, 4.69) is 39.8 Å². The van der Waals surface area contributed by atoms with Crippen LogP contribution in [0.3, 0.4) is 0 Å². The third kappa shape index (κ3) is 21.9. The van der Waals surface area contributed by atoms with Crippen LogP contribution in [0.2, 0.25) is 0 Å². The summed E-state index contributed by atoms with van der Waals surface area (Å²) in [7, 11) is 0. The molecule has 1 N–H and O–H groups in total. The molecule has 52 heavy (non-hydrogen) atoms. The van der Waals surface area contributed by atoms with Gasteiger partial charge in [-0.25, -0.2) is 0 Å². The van der Waals surface area contributed by atoms with Crippen LogP contribution in [-0.4, -0.2) is 36.4 Å². The monoisotopic (exact) mass is 729 g/mol. The number of furan rings is 2. The fourth-order valence-corrected chi connectivity index (χ4v) is 6.88. The lowest BCUT2D eigenvalue weighted by Crippen LogP contribution is -2.28. The predicted molar refractivity (Wildman–Crippen MR) is 212 cm³/mol. The summed E-state index contributed by atoms with van der Waals surface area (Å²) in [6.07, 6.45) is 29.4. The minimum atomic E-state index is -0.794. The first-order valence-corrected chi connectivity index (χ1v) is 21.5. The van der Waals surface area contributed by atoms with Crippen molar-refractivity contribution in [3.63, 3.8) is 0 Å². The van der Waals surface area contributed by atoms with Crippen molar-refractivity contribution in [1.29, 1.82) is 0 Å². The summed E-state index contributed by atoms with van der Waals surface area (Å²) in [5, 5.41) is 9.62. The quantitative estimate of drug-likeness (QED) is 0.0565. The van der Waals surface area contributed by atoms with Crippen molar-refractivity contribution in [3.8, 4) is 0 Å². The zero-order valence-electron chi connectivity index (χ0n) is 33.8. The molecule has 0 saturated heterocycles. The highest BCUT2D eigenvalue weighted by Gasteiger charge is 2.16. The van der Waals surface area contributed by atoms with E-state index in [1.165, 1.54) is 100 Å². The summed E-state index contributed by atoms with van der Waals surface area (Å²) in [5.41, 5.74) is 2.59. The molecule has 0 aliphatic rings. The Bertz CT molecular complexity index is 1180. The Morgan fingerprint density at radius 2 is 0.942 bits per heavy atom. The van der Waals surface area contributed by atoms with E-state index in [-0.39, 0.29) is 25.2 Å². The van der Waals surface area contributed by atoms with Crippen LogP contribution in [0.1, 0.15) is 202 Å². The van der Waals surface area contributed by atoms with Crippen LogP contribution in [0, 0.1) is 13.8 Å². The molecule has 0 fully saturated rings. The van der Waals surface area contributed by atoms with Crippen LogP contribution in [0.25, 0.3) is 0 Å². The average molecular weight is 729 g/mol. The van der Waals surface area contributed by atoms with Gasteiger partial charge in [0.2, 0.25) is 0 Å². The lowest BCUT2D eigenvalue weighted by Gasteiger charge is -2.15. The van der Waals surface area contributed by atoms with E-state index in [1.54, 1.807) is 0 Å². The van der Waals surface area contributed by atoms with Crippen LogP contribution >= 0.6 is 0 Å². The molecule has 298 valence electrons. The van der Waals surface area contributed by atoms with Gasteiger partial charge in [-0.2, -0.15) is 0 Å². The van der Waals surface area contributed by atoms with Gasteiger partial charge >= 0.3 is 11.9 Å². The average Bonchev–Trinajstić information content (AvgIpc) is 3.67. The Morgan fingerprint density at radius 3 is 1.37 bits per heavy atom. The number of carbonyl (C=O) groups is 2. The normalized spacial score (nSPS) is 12.0. The first-order chi connectivity index (χ1) is 25.4. The van der Waals surface area contributed by atoms with Crippen molar-refractivity contribution in [1.82, 2.24) is 0 Å². The van der Waals surface area contributed by atoms with Gasteiger partial charge in [-0.05, 0) is 75.6 Å². The molecule has 2 rings (SSSR count). The molecule has 2 heterocycles. The second kappa shape index (κ2) is 29.9. The van der Waals surface area contributed by atoms with E-state index in [4.69, 9.17) is 18.3 Å². The Hall–Kier alpha value is -2.54. The topological polar surface area (TPSA) is 99.1 Å². The summed E-state index contributed by atoms with van der Waals surface area (Å²) in [6.45, 7) is 8.35. The molecule has 2 aromatic rings. The van der Waals surface area contributed by atoms with Crippen LogP contribution in [0.15, 0.2) is 21.0 Å². The molecule has 7 heteroatoms. The lowest BCUT2D eigenvalue weighted by atomic mass is 10.0. The molecule has 2 aromatic heterocycles. The fourth-order valence-electron chi connectivity index (χ4n) is 6.88. The maximum absolute atomic E-state index is 12.3. The van der Waals surface area contributed by atoms with Gasteiger partial charge in [-0.1, -0.05) is 117 Å². The molecule has 0 aliphatic heterocycles. The van der Waals surface area contributed by atoms with Crippen LogP contribution in [-0.2, 0) is 44.7 Å². The first kappa shape index (κ1) is 45.6. The first-order valence-electron chi connectivity index (χ1n) is 21.5. The van der Waals surface area contributed by atoms with Crippen molar-refractivity contribution < 1.29 is 33.0 Å². The number of esters is 2. The van der Waals surface area contributed by atoms with Gasteiger partial charge in [0.05, 0.1) is 6.61 Å². The summed E-state index contributed by atoms with van der Waals surface area (Å²) in [5.74, 6) is 3.99. The third-order valence-electron chi connectivity index (χ3n) is 10.2. The molecule has 1 atom stereocenters. The zero-order valence-corrected chi connectivity index (χ0v) is 33.8. The number of aliphatic hydroxyl groups excluding tert-OH is 1. The predicted octanol–water partition coefficient (Wildman–Crippen LogP) is 12.2. The van der Waals surface area contributed by atoms with Gasteiger partial charge in [0, 0.05) is 38.5 Å². The molecule has 0 saturated carbocycles. The van der Waals surface area contributed by atoms with Gasteiger partial charge in [0.1, 0.15) is 29.6 Å². The second-order valence-electron chi connectivity index (χ2n) is 15.2. The highest BCUT2D eigenvalue weighted by atomic mass is 16.6. The van der Waals surface area contributed by atoms with Gasteiger partial charge in [0.25, 0.3) is 0 Å². The summed E-state index contributed by atoms with van der Waals surface area (Å²) in [4.78, 5) is 24.4. The van der Waals surface area contributed by atoms with Gasteiger partial charge in [-0.3, -0.25) is 9.59 Å². The number of unbranched alkanes of at least 4 members (excludes halogenated alkanes) is 18. The van der Waals surface area contributed by atoms with Crippen molar-refractivity contribution in [3.05, 3.63) is 46.3 Å². The van der Waals surface area contributed by atoms with E-state index < -0.39 is 6.10 Å². The molecule has 7 nitrogen and oxygen atoms in total. The van der Waals surface area contributed by atoms with Crippen LogP contribution in [0.4, 0.5) is 0 Å². The number of rotatable bonds is 34. The van der Waals surface area contributed by atoms with Crippen molar-refractivity contribution in [2.45, 2.75) is 214 Å². The molecule has 0 bridgehead atoms. The Kier molecular flexibility index (Phi) is 26.2. The molecule has 0 aromatic carbocycles. The smallest absolute Gasteiger partial charge is 0.306 e. The summed E-state index contributed by atoms with van der Waals surface area (Å²) >= 11 is 0. The number of aliphatic hydroxyl groups is 1. The highest BCUT2D eigenvalue weighted by Crippen LogP contribution is 2.22. The Morgan fingerprint density at radius 1 is 0.558 bits per heavy atom. The Balaban J connectivity index is 1.37. The van der Waals surface area contributed by atoms with Gasteiger partial charge < -0.3 is 23.4 Å². The number of hydrogen-bond acceptors (Lipinski definition) is 7.